The molecule has 0 rings (SSSR count). The molecule has 0 fully saturated rings. The Morgan fingerprint density at radius 3 is 2.10 bits per heavy atom. The standard InChI is InChI=1S/C9H18NO10P/c11-5-7(12)6-20-21(17,18)19-2-1-10(3-8(13)14)4-9(15)16/h7,11-12H,1-6H2,(H,13,14)(H,15,16)(H,17,18). The highest BCUT2D eigenvalue weighted by molar-refractivity contribution is 7.47. The smallest absolute Gasteiger partial charge is 0.472 e. The second-order valence-electron chi connectivity index (χ2n) is 3.93. The zero-order chi connectivity index (χ0) is 16.5. The first-order chi connectivity index (χ1) is 9.66. The maximum Gasteiger partial charge on any atom is 0.472 e. The van der Waals surface area contributed by atoms with E-state index in [1.807, 2.05) is 0 Å². The minimum Gasteiger partial charge on any atom is -0.480 e. The monoisotopic (exact) mass is 331 g/mol. The van der Waals surface area contributed by atoms with Gasteiger partial charge in [-0.15, -0.1) is 0 Å². The van der Waals surface area contributed by atoms with Gasteiger partial charge in [-0.05, 0) is 0 Å². The molecule has 5 N–H and O–H groups in total. The van der Waals surface area contributed by atoms with Crippen LogP contribution in [0.4, 0.5) is 0 Å². The van der Waals surface area contributed by atoms with Crippen molar-refractivity contribution in [3.8, 4) is 0 Å². The molecular formula is C9H18NO10P. The van der Waals surface area contributed by atoms with Gasteiger partial charge in [0, 0.05) is 6.54 Å². The summed E-state index contributed by atoms with van der Waals surface area (Å²) in [5.74, 6) is -2.52. The lowest BCUT2D eigenvalue weighted by atomic mass is 10.4. The Balaban J connectivity index is 4.19. The second kappa shape index (κ2) is 9.79. The summed E-state index contributed by atoms with van der Waals surface area (Å²) in [6.07, 6.45) is -1.34. The van der Waals surface area contributed by atoms with Gasteiger partial charge in [0.05, 0.1) is 32.9 Å². The van der Waals surface area contributed by atoms with E-state index < -0.39 is 58.8 Å². The molecule has 0 aliphatic rings. The van der Waals surface area contributed by atoms with Gasteiger partial charge in [0.25, 0.3) is 0 Å². The maximum absolute atomic E-state index is 11.3. The number of phosphoric acid groups is 1. The Morgan fingerprint density at radius 2 is 1.67 bits per heavy atom. The molecule has 0 aromatic carbocycles. The van der Waals surface area contributed by atoms with Gasteiger partial charge in [-0.3, -0.25) is 23.5 Å². The Morgan fingerprint density at radius 1 is 1.14 bits per heavy atom. The van der Waals surface area contributed by atoms with E-state index in [9.17, 15) is 19.0 Å². The summed E-state index contributed by atoms with van der Waals surface area (Å²) >= 11 is 0. The van der Waals surface area contributed by atoms with Crippen molar-refractivity contribution >= 4 is 19.8 Å². The van der Waals surface area contributed by atoms with E-state index in [2.05, 4.69) is 9.05 Å². The average molecular weight is 331 g/mol. The zero-order valence-electron chi connectivity index (χ0n) is 11.0. The number of aliphatic carboxylic acids is 2. The lowest BCUT2D eigenvalue weighted by molar-refractivity contribution is -0.141. The fourth-order valence-corrected chi connectivity index (χ4v) is 1.90. The molecule has 2 atom stereocenters. The van der Waals surface area contributed by atoms with Crippen LogP contribution >= 0.6 is 7.82 Å². The van der Waals surface area contributed by atoms with Crippen molar-refractivity contribution in [1.29, 1.82) is 0 Å². The molecule has 0 aromatic rings. The number of carboxylic acids is 2. The third kappa shape index (κ3) is 11.3. The third-order valence-electron chi connectivity index (χ3n) is 2.02. The summed E-state index contributed by atoms with van der Waals surface area (Å²) in [5, 5.41) is 34.6. The quantitative estimate of drug-likeness (QED) is 0.249. The average Bonchev–Trinajstić information content (AvgIpc) is 2.34. The van der Waals surface area contributed by atoms with E-state index >= 15 is 0 Å². The number of carbonyl (C=O) groups is 2. The van der Waals surface area contributed by atoms with Gasteiger partial charge in [-0.2, -0.15) is 0 Å². The number of aliphatic hydroxyl groups excluding tert-OH is 2. The number of phosphoric ester groups is 1. The highest BCUT2D eigenvalue weighted by Crippen LogP contribution is 2.42. The molecule has 124 valence electrons. The minimum absolute atomic E-state index is 0.227. The minimum atomic E-state index is -4.48. The Bertz CT molecular complexity index is 373. The number of carboxylic acid groups (broad SMARTS) is 2. The van der Waals surface area contributed by atoms with Crippen LogP contribution < -0.4 is 0 Å². The van der Waals surface area contributed by atoms with Crippen LogP contribution in [-0.4, -0.2) is 87.7 Å². The maximum atomic E-state index is 11.3. The van der Waals surface area contributed by atoms with Crippen LogP contribution in [0.5, 0.6) is 0 Å². The lowest BCUT2D eigenvalue weighted by Gasteiger charge is -2.19. The SMILES string of the molecule is O=C(O)CN(CCOP(=O)(O)OCC(O)CO)CC(=O)O. The number of hydrogen-bond acceptors (Lipinski definition) is 8. The topological polar surface area (TPSA) is 174 Å². The number of aliphatic hydroxyl groups is 2. The highest BCUT2D eigenvalue weighted by atomic mass is 31.2. The third-order valence-corrected chi connectivity index (χ3v) is 3.00. The molecule has 0 amide bonds. The van der Waals surface area contributed by atoms with E-state index in [1.54, 1.807) is 0 Å². The lowest BCUT2D eigenvalue weighted by Crippen LogP contribution is -2.36. The molecular weight excluding hydrogens is 313 g/mol. The largest absolute Gasteiger partial charge is 0.480 e. The fourth-order valence-electron chi connectivity index (χ4n) is 1.15. The van der Waals surface area contributed by atoms with Crippen LogP contribution in [0.2, 0.25) is 0 Å². The van der Waals surface area contributed by atoms with Crippen molar-refractivity contribution in [3.05, 3.63) is 0 Å². The summed E-state index contributed by atoms with van der Waals surface area (Å²) in [4.78, 5) is 31.2. The molecule has 0 bridgehead atoms. The van der Waals surface area contributed by atoms with Crippen LogP contribution in [0.3, 0.4) is 0 Å². The van der Waals surface area contributed by atoms with Crippen LogP contribution in [-0.2, 0) is 23.2 Å². The summed E-state index contributed by atoms with van der Waals surface area (Å²) in [6.45, 7) is -3.12. The van der Waals surface area contributed by atoms with Gasteiger partial charge < -0.3 is 25.3 Å². The van der Waals surface area contributed by atoms with Gasteiger partial charge in [-0.1, -0.05) is 0 Å². The molecule has 0 heterocycles. The van der Waals surface area contributed by atoms with E-state index in [0.29, 0.717) is 0 Å². The molecule has 11 nitrogen and oxygen atoms in total. The van der Waals surface area contributed by atoms with Crippen molar-refractivity contribution in [2.45, 2.75) is 6.10 Å². The number of hydrogen-bond donors (Lipinski definition) is 5. The molecule has 0 aromatic heterocycles. The zero-order valence-corrected chi connectivity index (χ0v) is 11.9. The normalized spacial score (nSPS) is 15.6. The van der Waals surface area contributed by atoms with Crippen LogP contribution in [0.15, 0.2) is 0 Å². The Labute approximate surface area is 119 Å². The van der Waals surface area contributed by atoms with E-state index in [4.69, 9.17) is 20.4 Å². The van der Waals surface area contributed by atoms with Crippen LogP contribution in [0.1, 0.15) is 0 Å². The molecule has 21 heavy (non-hydrogen) atoms. The van der Waals surface area contributed by atoms with Crippen molar-refractivity contribution < 1.29 is 48.5 Å². The van der Waals surface area contributed by atoms with E-state index in [-0.39, 0.29) is 6.54 Å². The van der Waals surface area contributed by atoms with Crippen LogP contribution in [0, 0.1) is 0 Å². The predicted octanol–water partition coefficient (Wildman–Crippen LogP) is -2.06. The Hall–Kier alpha value is -1.07. The van der Waals surface area contributed by atoms with Crippen molar-refractivity contribution in [3.63, 3.8) is 0 Å². The molecule has 0 saturated heterocycles. The predicted molar refractivity (Wildman–Crippen MR) is 66.5 cm³/mol. The first-order valence-corrected chi connectivity index (χ1v) is 7.22. The molecule has 0 spiro atoms. The Kier molecular flexibility index (Phi) is 9.29. The fraction of sp³-hybridized carbons (Fsp3) is 0.778. The van der Waals surface area contributed by atoms with Crippen LogP contribution in [0.25, 0.3) is 0 Å². The molecule has 0 aliphatic carbocycles. The number of nitrogens with zero attached hydrogens (tertiary/aromatic N) is 1. The molecule has 12 heteroatoms. The van der Waals surface area contributed by atoms with Crippen molar-refractivity contribution in [2.24, 2.45) is 0 Å². The summed E-state index contributed by atoms with van der Waals surface area (Å²) in [5.41, 5.74) is 0. The van der Waals surface area contributed by atoms with Gasteiger partial charge in [0.1, 0.15) is 6.10 Å². The summed E-state index contributed by atoms with van der Waals surface area (Å²) in [7, 11) is -4.48. The first-order valence-electron chi connectivity index (χ1n) is 5.73. The highest BCUT2D eigenvalue weighted by Gasteiger charge is 2.23. The molecule has 0 saturated carbocycles. The van der Waals surface area contributed by atoms with Gasteiger partial charge in [-0.25, -0.2) is 4.57 Å². The summed E-state index contributed by atoms with van der Waals surface area (Å²) < 4.78 is 20.2. The molecule has 0 aliphatic heterocycles. The van der Waals surface area contributed by atoms with Crippen molar-refractivity contribution in [2.75, 3.05) is 39.5 Å². The second-order valence-corrected chi connectivity index (χ2v) is 5.39. The number of rotatable bonds is 12. The van der Waals surface area contributed by atoms with Gasteiger partial charge in [0.2, 0.25) is 0 Å². The first kappa shape index (κ1) is 19.9. The van der Waals surface area contributed by atoms with Crippen molar-refractivity contribution in [1.82, 2.24) is 4.90 Å². The summed E-state index contributed by atoms with van der Waals surface area (Å²) in [6, 6.07) is 0. The van der Waals surface area contributed by atoms with Gasteiger partial charge in [0.15, 0.2) is 0 Å². The van der Waals surface area contributed by atoms with E-state index in [1.165, 1.54) is 0 Å². The van der Waals surface area contributed by atoms with Gasteiger partial charge >= 0.3 is 19.8 Å². The van der Waals surface area contributed by atoms with E-state index in [0.717, 1.165) is 4.90 Å². The molecule has 0 radical (unpaired) electrons. The molecule has 2 unspecified atom stereocenters.